The molecule has 2 fully saturated rings. The predicted molar refractivity (Wildman–Crippen MR) is 86.8 cm³/mol. The number of nitrogens with zero attached hydrogens (tertiary/aromatic N) is 2. The number of hydrogen-bond acceptors (Lipinski definition) is 3. The van der Waals surface area contributed by atoms with E-state index in [1.165, 1.54) is 52.0 Å². The van der Waals surface area contributed by atoms with Crippen molar-refractivity contribution >= 4 is 0 Å². The van der Waals surface area contributed by atoms with E-state index < -0.39 is 0 Å². The van der Waals surface area contributed by atoms with Gasteiger partial charge in [0, 0.05) is 44.8 Å². The number of hydrogen-bond donors (Lipinski definition) is 1. The van der Waals surface area contributed by atoms with E-state index in [9.17, 15) is 0 Å². The van der Waals surface area contributed by atoms with Gasteiger partial charge in [-0.2, -0.15) is 0 Å². The fourth-order valence-electron chi connectivity index (χ4n) is 4.46. The molecule has 1 saturated carbocycles. The van der Waals surface area contributed by atoms with Crippen molar-refractivity contribution in [1.82, 2.24) is 9.80 Å². The minimum atomic E-state index is 0.279. The SMILES string of the molecule is CC(C)CN1CCN(C2(CN)CC(C)CCC2C)CC1. The first-order chi connectivity index (χ1) is 9.48. The zero-order valence-electron chi connectivity index (χ0n) is 14.1. The Labute approximate surface area is 125 Å². The Balaban J connectivity index is 1.99. The number of piperazine rings is 1. The summed E-state index contributed by atoms with van der Waals surface area (Å²) in [4.78, 5) is 5.37. The Bertz CT molecular complexity index is 297. The fraction of sp³-hybridized carbons (Fsp3) is 1.00. The molecule has 118 valence electrons. The highest BCUT2D eigenvalue weighted by atomic mass is 15.3. The van der Waals surface area contributed by atoms with Gasteiger partial charge in [0.25, 0.3) is 0 Å². The summed E-state index contributed by atoms with van der Waals surface area (Å²) in [6.45, 7) is 16.4. The van der Waals surface area contributed by atoms with Crippen LogP contribution in [-0.4, -0.2) is 54.6 Å². The van der Waals surface area contributed by atoms with Crippen LogP contribution in [0.15, 0.2) is 0 Å². The Hall–Kier alpha value is -0.120. The molecule has 1 aliphatic heterocycles. The third-order valence-corrected chi connectivity index (χ3v) is 5.69. The maximum absolute atomic E-state index is 6.28. The molecule has 0 radical (unpaired) electrons. The summed E-state index contributed by atoms with van der Waals surface area (Å²) in [5.41, 5.74) is 6.56. The summed E-state index contributed by atoms with van der Waals surface area (Å²) in [6, 6.07) is 0. The molecule has 0 aromatic heterocycles. The Morgan fingerprint density at radius 1 is 1.10 bits per heavy atom. The van der Waals surface area contributed by atoms with Gasteiger partial charge in [-0.25, -0.2) is 0 Å². The molecule has 20 heavy (non-hydrogen) atoms. The van der Waals surface area contributed by atoms with Gasteiger partial charge in [0.1, 0.15) is 0 Å². The lowest BCUT2D eigenvalue weighted by atomic mass is 9.68. The van der Waals surface area contributed by atoms with E-state index in [4.69, 9.17) is 5.73 Å². The van der Waals surface area contributed by atoms with Crippen LogP contribution in [0.2, 0.25) is 0 Å². The summed E-state index contributed by atoms with van der Waals surface area (Å²) in [5.74, 6) is 2.36. The van der Waals surface area contributed by atoms with Crippen molar-refractivity contribution in [2.45, 2.75) is 52.5 Å². The standard InChI is InChI=1S/C17H35N3/c1-14(2)12-19-7-9-20(10-8-19)17(13-18)11-15(3)5-6-16(17)4/h14-16H,5-13,18H2,1-4H3. The maximum Gasteiger partial charge on any atom is 0.0360 e. The average Bonchev–Trinajstić information content (AvgIpc) is 2.42. The minimum Gasteiger partial charge on any atom is -0.329 e. The molecule has 0 aromatic rings. The zero-order chi connectivity index (χ0) is 14.8. The lowest BCUT2D eigenvalue weighted by molar-refractivity contribution is -0.0331. The largest absolute Gasteiger partial charge is 0.329 e. The lowest BCUT2D eigenvalue weighted by Gasteiger charge is -2.54. The van der Waals surface area contributed by atoms with E-state index in [0.29, 0.717) is 0 Å². The van der Waals surface area contributed by atoms with Gasteiger partial charge >= 0.3 is 0 Å². The van der Waals surface area contributed by atoms with Crippen LogP contribution in [0.4, 0.5) is 0 Å². The quantitative estimate of drug-likeness (QED) is 0.859. The molecule has 0 aromatic carbocycles. The predicted octanol–water partition coefficient (Wildman–Crippen LogP) is 2.41. The summed E-state index contributed by atoms with van der Waals surface area (Å²) < 4.78 is 0. The molecule has 3 nitrogen and oxygen atoms in total. The van der Waals surface area contributed by atoms with Crippen LogP contribution in [0, 0.1) is 17.8 Å². The molecule has 0 bridgehead atoms. The van der Waals surface area contributed by atoms with Crippen molar-refractivity contribution in [2.24, 2.45) is 23.5 Å². The molecular weight excluding hydrogens is 246 g/mol. The summed E-state index contributed by atoms with van der Waals surface area (Å²) in [6.07, 6.45) is 4.04. The molecule has 2 rings (SSSR count). The molecule has 1 saturated heterocycles. The van der Waals surface area contributed by atoms with Crippen LogP contribution < -0.4 is 5.73 Å². The van der Waals surface area contributed by atoms with Gasteiger partial charge < -0.3 is 10.6 Å². The second kappa shape index (κ2) is 6.76. The summed E-state index contributed by atoms with van der Waals surface area (Å²) >= 11 is 0. The summed E-state index contributed by atoms with van der Waals surface area (Å²) in [7, 11) is 0. The van der Waals surface area contributed by atoms with Crippen LogP contribution in [0.25, 0.3) is 0 Å². The molecule has 0 spiro atoms. The van der Waals surface area contributed by atoms with Crippen molar-refractivity contribution in [1.29, 1.82) is 0 Å². The van der Waals surface area contributed by atoms with Crippen molar-refractivity contribution < 1.29 is 0 Å². The van der Waals surface area contributed by atoms with Gasteiger partial charge in [0.05, 0.1) is 0 Å². The monoisotopic (exact) mass is 281 g/mol. The topological polar surface area (TPSA) is 32.5 Å². The molecule has 3 heteroatoms. The minimum absolute atomic E-state index is 0.279. The van der Waals surface area contributed by atoms with Gasteiger partial charge in [-0.1, -0.05) is 34.1 Å². The maximum atomic E-state index is 6.28. The highest BCUT2D eigenvalue weighted by molar-refractivity contribution is 5.01. The normalized spacial score (nSPS) is 37.5. The van der Waals surface area contributed by atoms with Crippen molar-refractivity contribution in [3.63, 3.8) is 0 Å². The molecule has 1 heterocycles. The number of nitrogens with two attached hydrogens (primary N) is 1. The highest BCUT2D eigenvalue weighted by Crippen LogP contribution is 2.40. The van der Waals surface area contributed by atoms with E-state index in [0.717, 1.165) is 24.3 Å². The average molecular weight is 281 g/mol. The zero-order valence-corrected chi connectivity index (χ0v) is 14.1. The van der Waals surface area contributed by atoms with Crippen molar-refractivity contribution in [3.8, 4) is 0 Å². The van der Waals surface area contributed by atoms with Crippen LogP contribution >= 0.6 is 0 Å². The first-order valence-corrected chi connectivity index (χ1v) is 8.65. The van der Waals surface area contributed by atoms with Crippen LogP contribution in [0.3, 0.4) is 0 Å². The van der Waals surface area contributed by atoms with Gasteiger partial charge in [-0.05, 0) is 30.6 Å². The number of rotatable bonds is 4. The van der Waals surface area contributed by atoms with Crippen LogP contribution in [0.1, 0.15) is 47.0 Å². The fourth-order valence-corrected chi connectivity index (χ4v) is 4.46. The van der Waals surface area contributed by atoms with Gasteiger partial charge in [0.2, 0.25) is 0 Å². The van der Waals surface area contributed by atoms with Crippen LogP contribution in [-0.2, 0) is 0 Å². The van der Waals surface area contributed by atoms with Crippen molar-refractivity contribution in [3.05, 3.63) is 0 Å². The second-order valence-electron chi connectivity index (χ2n) is 7.78. The van der Waals surface area contributed by atoms with E-state index >= 15 is 0 Å². The second-order valence-corrected chi connectivity index (χ2v) is 7.78. The Kier molecular flexibility index (Phi) is 5.49. The molecule has 3 unspecified atom stereocenters. The molecule has 2 N–H and O–H groups in total. The third kappa shape index (κ3) is 3.37. The van der Waals surface area contributed by atoms with E-state index in [2.05, 4.69) is 37.5 Å². The molecule has 3 atom stereocenters. The van der Waals surface area contributed by atoms with Crippen molar-refractivity contribution in [2.75, 3.05) is 39.3 Å². The smallest absolute Gasteiger partial charge is 0.0360 e. The van der Waals surface area contributed by atoms with E-state index in [-0.39, 0.29) is 5.54 Å². The third-order valence-electron chi connectivity index (χ3n) is 5.69. The first-order valence-electron chi connectivity index (χ1n) is 8.65. The van der Waals surface area contributed by atoms with E-state index in [1.54, 1.807) is 0 Å². The Morgan fingerprint density at radius 2 is 1.75 bits per heavy atom. The van der Waals surface area contributed by atoms with Gasteiger partial charge in [-0.3, -0.25) is 4.90 Å². The summed E-state index contributed by atoms with van der Waals surface area (Å²) in [5, 5.41) is 0. The highest BCUT2D eigenvalue weighted by Gasteiger charge is 2.44. The molecular formula is C17H35N3. The van der Waals surface area contributed by atoms with E-state index in [1.807, 2.05) is 0 Å². The molecule has 1 aliphatic carbocycles. The molecule has 0 amide bonds. The van der Waals surface area contributed by atoms with Crippen LogP contribution in [0.5, 0.6) is 0 Å². The molecule has 2 aliphatic rings. The Morgan fingerprint density at radius 3 is 2.30 bits per heavy atom. The lowest BCUT2D eigenvalue weighted by Crippen LogP contribution is -2.64. The van der Waals surface area contributed by atoms with Gasteiger partial charge in [0.15, 0.2) is 0 Å². The van der Waals surface area contributed by atoms with Gasteiger partial charge in [-0.15, -0.1) is 0 Å². The first kappa shape index (κ1) is 16.3.